The van der Waals surface area contributed by atoms with E-state index in [1.165, 1.54) is 12.8 Å². The third-order valence-electron chi connectivity index (χ3n) is 5.26. The molecule has 4 nitrogen and oxygen atoms in total. The van der Waals surface area contributed by atoms with Crippen molar-refractivity contribution in [3.8, 4) is 0 Å². The van der Waals surface area contributed by atoms with Crippen LogP contribution in [-0.4, -0.2) is 60.5 Å². The molecule has 0 spiro atoms. The van der Waals surface area contributed by atoms with E-state index in [4.69, 9.17) is 0 Å². The van der Waals surface area contributed by atoms with Crippen molar-refractivity contribution in [1.29, 1.82) is 0 Å². The summed E-state index contributed by atoms with van der Waals surface area (Å²) in [6, 6.07) is 1.38. The van der Waals surface area contributed by atoms with Crippen molar-refractivity contribution in [2.45, 2.75) is 50.7 Å². The number of carbonyl (C=O) groups excluding carboxylic acids is 1. The number of nitrogens with zero attached hydrogens (tertiary/aromatic N) is 2. The molecule has 0 radical (unpaired) electrons. The Morgan fingerprint density at radius 1 is 1.17 bits per heavy atom. The van der Waals surface area contributed by atoms with E-state index in [0.717, 1.165) is 32.5 Å². The number of nitrogens with one attached hydrogen (secondary N) is 1. The highest BCUT2D eigenvalue weighted by atomic mass is 16.2. The molecule has 18 heavy (non-hydrogen) atoms. The summed E-state index contributed by atoms with van der Waals surface area (Å²) in [6.45, 7) is 5.09. The molecule has 3 saturated heterocycles. The molecule has 4 atom stereocenters. The first kappa shape index (κ1) is 12.4. The molecule has 0 aromatic carbocycles. The first-order valence-electron chi connectivity index (χ1n) is 7.41. The highest BCUT2D eigenvalue weighted by Crippen LogP contribution is 2.29. The minimum Gasteiger partial charge on any atom is -0.340 e. The third kappa shape index (κ3) is 2.05. The summed E-state index contributed by atoms with van der Waals surface area (Å²) < 4.78 is 0. The predicted octanol–water partition coefficient (Wildman–Crippen LogP) is 0.679. The van der Waals surface area contributed by atoms with Crippen molar-refractivity contribution in [2.75, 3.05) is 26.7 Å². The Kier molecular flexibility index (Phi) is 3.32. The lowest BCUT2D eigenvalue weighted by Gasteiger charge is -2.29. The van der Waals surface area contributed by atoms with Crippen LogP contribution in [0.1, 0.15) is 32.6 Å². The Morgan fingerprint density at radius 3 is 2.67 bits per heavy atom. The van der Waals surface area contributed by atoms with Crippen LogP contribution in [0.4, 0.5) is 0 Å². The van der Waals surface area contributed by atoms with Crippen LogP contribution in [0.15, 0.2) is 0 Å². The first-order valence-corrected chi connectivity index (χ1v) is 7.41. The smallest absolute Gasteiger partial charge is 0.240 e. The van der Waals surface area contributed by atoms with Crippen LogP contribution >= 0.6 is 0 Å². The van der Waals surface area contributed by atoms with E-state index in [2.05, 4.69) is 29.1 Å². The summed E-state index contributed by atoms with van der Waals surface area (Å²) in [5.41, 5.74) is 0. The zero-order valence-electron chi connectivity index (χ0n) is 11.6. The van der Waals surface area contributed by atoms with Gasteiger partial charge in [0, 0.05) is 25.2 Å². The fourth-order valence-corrected chi connectivity index (χ4v) is 3.87. The van der Waals surface area contributed by atoms with Gasteiger partial charge in [0.1, 0.15) is 0 Å². The lowest BCUT2D eigenvalue weighted by atomic mass is 10.0. The van der Waals surface area contributed by atoms with Crippen molar-refractivity contribution >= 4 is 5.91 Å². The molecule has 102 valence electrons. The predicted molar refractivity (Wildman–Crippen MR) is 71.3 cm³/mol. The number of hydrogen-bond acceptors (Lipinski definition) is 3. The van der Waals surface area contributed by atoms with E-state index in [-0.39, 0.29) is 6.04 Å². The van der Waals surface area contributed by atoms with Gasteiger partial charge >= 0.3 is 0 Å². The Morgan fingerprint density at radius 2 is 1.94 bits per heavy atom. The second-order valence-electron chi connectivity index (χ2n) is 6.32. The van der Waals surface area contributed by atoms with E-state index in [1.807, 2.05) is 0 Å². The van der Waals surface area contributed by atoms with Gasteiger partial charge in [-0.2, -0.15) is 0 Å². The average Bonchev–Trinajstić information content (AvgIpc) is 2.84. The Labute approximate surface area is 110 Å². The Bertz CT molecular complexity index is 333. The quantitative estimate of drug-likeness (QED) is 0.744. The van der Waals surface area contributed by atoms with E-state index in [1.54, 1.807) is 0 Å². The second kappa shape index (κ2) is 4.82. The number of fused-ring (bicyclic) bond motifs is 2. The van der Waals surface area contributed by atoms with Gasteiger partial charge in [-0.1, -0.05) is 6.92 Å². The summed E-state index contributed by atoms with van der Waals surface area (Å²) in [6.07, 6.45) is 4.87. The van der Waals surface area contributed by atoms with Crippen LogP contribution in [0, 0.1) is 5.92 Å². The van der Waals surface area contributed by atoms with Crippen molar-refractivity contribution in [1.82, 2.24) is 15.1 Å². The molecule has 3 fully saturated rings. The van der Waals surface area contributed by atoms with Crippen molar-refractivity contribution in [3.63, 3.8) is 0 Å². The van der Waals surface area contributed by atoms with Crippen molar-refractivity contribution < 1.29 is 4.79 Å². The van der Waals surface area contributed by atoms with E-state index in [9.17, 15) is 4.79 Å². The van der Waals surface area contributed by atoms with E-state index < -0.39 is 0 Å². The highest BCUT2D eigenvalue weighted by Gasteiger charge is 2.39. The summed E-state index contributed by atoms with van der Waals surface area (Å²) in [4.78, 5) is 17.2. The van der Waals surface area contributed by atoms with Gasteiger partial charge in [-0.3, -0.25) is 9.69 Å². The van der Waals surface area contributed by atoms with Crippen LogP contribution in [-0.2, 0) is 4.79 Å². The van der Waals surface area contributed by atoms with Gasteiger partial charge in [-0.25, -0.2) is 0 Å². The molecule has 3 aliphatic heterocycles. The lowest BCUT2D eigenvalue weighted by molar-refractivity contribution is -0.134. The zero-order chi connectivity index (χ0) is 12.7. The topological polar surface area (TPSA) is 35.6 Å². The standard InChI is InChI=1S/C14H25N3O/c1-10-5-7-15-13(10)14(18)17-8-6-11-3-4-12(9-17)16(11)2/h10-13,15H,3-9H2,1-2H3. The summed E-state index contributed by atoms with van der Waals surface area (Å²) in [5, 5.41) is 3.37. The minimum atomic E-state index is 0.0759. The molecule has 4 unspecified atom stereocenters. The van der Waals surface area contributed by atoms with Crippen molar-refractivity contribution in [2.24, 2.45) is 5.92 Å². The SMILES string of the molecule is CC1CCNC1C(=O)N1CCC2CCC(C1)N2C. The van der Waals surface area contributed by atoms with Gasteiger partial charge in [-0.05, 0) is 45.2 Å². The number of amides is 1. The van der Waals surface area contributed by atoms with Gasteiger partial charge < -0.3 is 10.2 Å². The molecule has 3 rings (SSSR count). The monoisotopic (exact) mass is 251 g/mol. The summed E-state index contributed by atoms with van der Waals surface area (Å²) in [5.74, 6) is 0.844. The second-order valence-corrected chi connectivity index (χ2v) is 6.32. The van der Waals surface area contributed by atoms with Gasteiger partial charge in [0.15, 0.2) is 0 Å². The number of likely N-dealkylation sites (tertiary alicyclic amines) is 1. The van der Waals surface area contributed by atoms with Gasteiger partial charge in [0.2, 0.25) is 5.91 Å². The fourth-order valence-electron chi connectivity index (χ4n) is 3.87. The molecule has 1 amide bonds. The lowest BCUT2D eigenvalue weighted by Crippen LogP contribution is -2.48. The normalized spacial score (nSPS) is 41.1. The molecule has 1 N–H and O–H groups in total. The highest BCUT2D eigenvalue weighted by molar-refractivity contribution is 5.82. The zero-order valence-corrected chi connectivity index (χ0v) is 11.6. The maximum absolute atomic E-state index is 12.6. The maximum Gasteiger partial charge on any atom is 0.240 e. The summed E-state index contributed by atoms with van der Waals surface area (Å²) >= 11 is 0. The molecule has 4 heteroatoms. The molecule has 3 aliphatic rings. The number of rotatable bonds is 1. The van der Waals surface area contributed by atoms with Gasteiger partial charge in [0.25, 0.3) is 0 Å². The van der Waals surface area contributed by atoms with Gasteiger partial charge in [-0.15, -0.1) is 0 Å². The third-order valence-corrected chi connectivity index (χ3v) is 5.26. The molecule has 0 aromatic heterocycles. The minimum absolute atomic E-state index is 0.0759. The van der Waals surface area contributed by atoms with E-state index >= 15 is 0 Å². The van der Waals surface area contributed by atoms with Crippen LogP contribution < -0.4 is 5.32 Å². The van der Waals surface area contributed by atoms with E-state index in [0.29, 0.717) is 23.9 Å². The molecule has 0 aromatic rings. The Hall–Kier alpha value is -0.610. The molecular weight excluding hydrogens is 226 g/mol. The number of hydrogen-bond donors (Lipinski definition) is 1. The van der Waals surface area contributed by atoms with Crippen LogP contribution in [0.3, 0.4) is 0 Å². The summed E-state index contributed by atoms with van der Waals surface area (Å²) in [7, 11) is 2.23. The van der Waals surface area contributed by atoms with Crippen LogP contribution in [0.2, 0.25) is 0 Å². The average molecular weight is 251 g/mol. The maximum atomic E-state index is 12.6. The van der Waals surface area contributed by atoms with Crippen LogP contribution in [0.5, 0.6) is 0 Å². The fraction of sp³-hybridized carbons (Fsp3) is 0.929. The largest absolute Gasteiger partial charge is 0.340 e. The molecule has 3 heterocycles. The molecular formula is C14H25N3O. The molecule has 0 saturated carbocycles. The molecule has 2 bridgehead atoms. The van der Waals surface area contributed by atoms with Crippen LogP contribution in [0.25, 0.3) is 0 Å². The Balaban J connectivity index is 1.68. The van der Waals surface area contributed by atoms with Gasteiger partial charge in [0.05, 0.1) is 6.04 Å². The molecule has 0 aliphatic carbocycles. The first-order chi connectivity index (χ1) is 8.66. The van der Waals surface area contributed by atoms with Crippen molar-refractivity contribution in [3.05, 3.63) is 0 Å². The number of carbonyl (C=O) groups is 1. The number of likely N-dealkylation sites (N-methyl/N-ethyl adjacent to an activating group) is 1.